The molecule has 0 radical (unpaired) electrons. The number of cyclic esters (lactones) is 2. The van der Waals surface area contributed by atoms with Crippen molar-refractivity contribution in [2.75, 3.05) is 7.11 Å². The number of ether oxygens (including phenoxy) is 5. The van der Waals surface area contributed by atoms with E-state index in [4.69, 9.17) is 23.7 Å². The Morgan fingerprint density at radius 3 is 2.38 bits per heavy atom. The molecular weight excluding hydrogens is 484 g/mol. The molecular formula is C27H34O10. The molecule has 202 valence electrons. The molecule has 10 heteroatoms. The number of carbonyl (C=O) groups is 4. The first kappa shape index (κ1) is 25.0. The Bertz CT molecular complexity index is 1160. The Hall–Kier alpha value is -2.30. The second kappa shape index (κ2) is 7.21. The molecule has 0 aromatic heterocycles. The number of epoxide rings is 1. The predicted octanol–water partition coefficient (Wildman–Crippen LogP) is 1.61. The number of ketones is 1. The van der Waals surface area contributed by atoms with Crippen LogP contribution in [0, 0.1) is 28.1 Å². The van der Waals surface area contributed by atoms with Crippen molar-refractivity contribution in [1.29, 1.82) is 0 Å². The highest BCUT2D eigenvalue weighted by Gasteiger charge is 2.89. The molecule has 37 heavy (non-hydrogen) atoms. The lowest BCUT2D eigenvalue weighted by Gasteiger charge is -2.64. The fourth-order valence-corrected chi connectivity index (χ4v) is 9.37. The second-order valence-electron chi connectivity index (χ2n) is 12.7. The normalized spacial score (nSPS) is 51.1. The summed E-state index contributed by atoms with van der Waals surface area (Å²) >= 11 is 0. The number of aliphatic hydroxyl groups excluding tert-OH is 1. The van der Waals surface area contributed by atoms with Crippen molar-refractivity contribution in [1.82, 2.24) is 0 Å². The Balaban J connectivity index is 1.48. The first-order chi connectivity index (χ1) is 17.2. The largest absolute Gasteiger partial charge is 0.469 e. The Morgan fingerprint density at radius 1 is 1.05 bits per heavy atom. The van der Waals surface area contributed by atoms with Crippen LogP contribution >= 0.6 is 0 Å². The maximum Gasteiger partial charge on any atom is 0.339 e. The summed E-state index contributed by atoms with van der Waals surface area (Å²) in [4.78, 5) is 51.8. The van der Waals surface area contributed by atoms with Gasteiger partial charge in [0.1, 0.15) is 17.5 Å². The van der Waals surface area contributed by atoms with Crippen LogP contribution in [0.2, 0.25) is 0 Å². The maximum absolute atomic E-state index is 14.3. The Kier molecular flexibility index (Phi) is 4.87. The van der Waals surface area contributed by atoms with E-state index >= 15 is 0 Å². The smallest absolute Gasteiger partial charge is 0.339 e. The fraction of sp³-hybridized carbons (Fsp3) is 0.778. The SMILES string of the molecule is COC(=O)C[C@H]1OC(C)(C)[C@@H]2CC(=O)[C@]3(C)[C@H](CC[C@@]4(C)[C@H](C5=CC(=O)OC5O)OC(=O)[C@H]5O[C@]543)[C@@]12C. The van der Waals surface area contributed by atoms with E-state index in [-0.39, 0.29) is 42.0 Å². The van der Waals surface area contributed by atoms with Gasteiger partial charge in [0, 0.05) is 34.8 Å². The third-order valence-corrected chi connectivity index (χ3v) is 11.0. The molecule has 3 saturated heterocycles. The number of Topliss-reactive ketones (excluding diaryl/α,β-unsaturated/α-hetero) is 1. The lowest BCUT2D eigenvalue weighted by molar-refractivity contribution is -0.208. The molecule has 10 nitrogen and oxygen atoms in total. The van der Waals surface area contributed by atoms with E-state index in [1.165, 1.54) is 13.2 Å². The van der Waals surface area contributed by atoms with E-state index in [9.17, 15) is 24.3 Å². The minimum absolute atomic E-state index is 0.00878. The van der Waals surface area contributed by atoms with Gasteiger partial charge in [-0.15, -0.1) is 0 Å². The van der Waals surface area contributed by atoms with Crippen molar-refractivity contribution < 1.29 is 48.0 Å². The van der Waals surface area contributed by atoms with Crippen molar-refractivity contribution >= 4 is 23.7 Å². The highest BCUT2D eigenvalue weighted by atomic mass is 16.7. The summed E-state index contributed by atoms with van der Waals surface area (Å²) in [6.07, 6.45) is -1.41. The molecule has 0 bridgehead atoms. The van der Waals surface area contributed by atoms with Gasteiger partial charge in [-0.2, -0.15) is 0 Å². The zero-order valence-corrected chi connectivity index (χ0v) is 22.0. The maximum atomic E-state index is 14.3. The Morgan fingerprint density at radius 2 is 1.76 bits per heavy atom. The van der Waals surface area contributed by atoms with E-state index in [1.807, 2.05) is 27.7 Å². The summed E-state index contributed by atoms with van der Waals surface area (Å²) in [6.45, 7) is 9.81. The van der Waals surface area contributed by atoms with Crippen LogP contribution in [0.15, 0.2) is 11.6 Å². The monoisotopic (exact) mass is 518 g/mol. The number of esters is 3. The molecule has 1 N–H and O–H groups in total. The van der Waals surface area contributed by atoms with Gasteiger partial charge in [0.15, 0.2) is 6.10 Å². The molecule has 2 aliphatic carbocycles. The molecule has 4 heterocycles. The van der Waals surface area contributed by atoms with Crippen molar-refractivity contribution in [3.05, 3.63) is 11.6 Å². The zero-order valence-electron chi connectivity index (χ0n) is 22.0. The number of methoxy groups -OCH3 is 1. The van der Waals surface area contributed by atoms with Crippen LogP contribution < -0.4 is 0 Å². The number of carbonyl (C=O) groups excluding carboxylic acids is 4. The molecule has 1 unspecified atom stereocenters. The van der Waals surface area contributed by atoms with Crippen LogP contribution in [-0.2, 0) is 42.9 Å². The van der Waals surface area contributed by atoms with Crippen molar-refractivity contribution in [2.45, 2.75) is 96.1 Å². The van der Waals surface area contributed by atoms with E-state index in [0.717, 1.165) is 0 Å². The summed E-state index contributed by atoms with van der Waals surface area (Å²) in [6, 6.07) is 0. The zero-order chi connectivity index (χ0) is 26.9. The number of rotatable bonds is 3. The lowest BCUT2D eigenvalue weighted by atomic mass is 9.37. The summed E-state index contributed by atoms with van der Waals surface area (Å²) in [7, 11) is 1.35. The molecule has 10 atom stereocenters. The number of hydrogen-bond acceptors (Lipinski definition) is 10. The van der Waals surface area contributed by atoms with Crippen LogP contribution in [0.5, 0.6) is 0 Å². The highest BCUT2D eigenvalue weighted by Crippen LogP contribution is 2.78. The number of aliphatic hydroxyl groups is 1. The summed E-state index contributed by atoms with van der Waals surface area (Å²) in [5.74, 6) is -2.12. The minimum Gasteiger partial charge on any atom is -0.469 e. The quantitative estimate of drug-likeness (QED) is 0.333. The topological polar surface area (TPSA) is 138 Å². The third kappa shape index (κ3) is 2.71. The van der Waals surface area contributed by atoms with Gasteiger partial charge < -0.3 is 28.8 Å². The number of hydrogen-bond donors (Lipinski definition) is 1. The Labute approximate surface area is 215 Å². The van der Waals surface area contributed by atoms with E-state index in [0.29, 0.717) is 12.8 Å². The van der Waals surface area contributed by atoms with Gasteiger partial charge in [0.2, 0.25) is 6.29 Å². The molecule has 2 saturated carbocycles. The van der Waals surface area contributed by atoms with Crippen LogP contribution in [0.3, 0.4) is 0 Å². The van der Waals surface area contributed by atoms with Gasteiger partial charge in [-0.25, -0.2) is 9.59 Å². The third-order valence-electron chi connectivity index (χ3n) is 11.0. The molecule has 6 aliphatic rings. The average Bonchev–Trinajstić information content (AvgIpc) is 3.47. The molecule has 5 fully saturated rings. The summed E-state index contributed by atoms with van der Waals surface area (Å²) in [5, 5.41) is 10.4. The van der Waals surface area contributed by atoms with E-state index < -0.39 is 64.0 Å². The molecule has 6 rings (SSSR count). The van der Waals surface area contributed by atoms with Crippen molar-refractivity contribution in [2.24, 2.45) is 28.1 Å². The van der Waals surface area contributed by atoms with Crippen molar-refractivity contribution in [3.63, 3.8) is 0 Å². The van der Waals surface area contributed by atoms with Gasteiger partial charge in [-0.05, 0) is 39.5 Å². The second-order valence-corrected chi connectivity index (χ2v) is 12.7. The molecule has 0 aromatic rings. The van der Waals surface area contributed by atoms with Crippen LogP contribution in [0.1, 0.15) is 60.3 Å². The predicted molar refractivity (Wildman–Crippen MR) is 123 cm³/mol. The fourth-order valence-electron chi connectivity index (χ4n) is 9.37. The van der Waals surface area contributed by atoms with Crippen LogP contribution in [0.25, 0.3) is 0 Å². The van der Waals surface area contributed by atoms with Crippen LogP contribution in [-0.4, -0.2) is 71.7 Å². The highest BCUT2D eigenvalue weighted by molar-refractivity contribution is 5.94. The van der Waals surface area contributed by atoms with E-state index in [1.54, 1.807) is 0 Å². The molecule has 1 spiro atoms. The standard InChI is InChI=1S/C27H34O10/c1-23(2)14-10-15(28)26(5)13(25(14,4)16(36-23)11-17(29)33-6)7-8-24(3)19(12-9-18(30)34-21(12)31)35-22(32)20-27(24,26)37-20/h9,13-14,16,19-21,31H,7-8,10-11H2,1-6H3/t13-,14+,16-,19+,20-,21?,24+,25-,26+,27-/m1/s1. The number of fused-ring (bicyclic) bond motifs is 3. The molecule has 0 amide bonds. The average molecular weight is 519 g/mol. The van der Waals surface area contributed by atoms with Gasteiger partial charge in [0.05, 0.1) is 30.7 Å². The van der Waals surface area contributed by atoms with Gasteiger partial charge >= 0.3 is 17.9 Å². The van der Waals surface area contributed by atoms with Crippen LogP contribution in [0.4, 0.5) is 0 Å². The van der Waals surface area contributed by atoms with E-state index in [2.05, 4.69) is 6.92 Å². The van der Waals surface area contributed by atoms with Crippen molar-refractivity contribution in [3.8, 4) is 0 Å². The molecule has 0 aromatic carbocycles. The summed E-state index contributed by atoms with van der Waals surface area (Å²) in [5.41, 5.74) is -4.24. The first-order valence-corrected chi connectivity index (χ1v) is 12.9. The minimum atomic E-state index is -1.53. The lowest BCUT2D eigenvalue weighted by Crippen LogP contribution is -2.72. The first-order valence-electron chi connectivity index (χ1n) is 12.9. The molecule has 4 aliphatic heterocycles. The summed E-state index contributed by atoms with van der Waals surface area (Å²) < 4.78 is 28.5. The van der Waals surface area contributed by atoms with Gasteiger partial charge in [-0.3, -0.25) is 9.59 Å². The van der Waals surface area contributed by atoms with Gasteiger partial charge in [-0.1, -0.05) is 13.8 Å². The van der Waals surface area contributed by atoms with Gasteiger partial charge in [0.25, 0.3) is 0 Å².